The summed E-state index contributed by atoms with van der Waals surface area (Å²) >= 11 is 8.34. The number of hydrogen-bond acceptors (Lipinski definition) is 7. The molecule has 27 heavy (non-hydrogen) atoms. The number of hydrogen-bond donors (Lipinski definition) is 4. The Kier molecular flexibility index (Phi) is 5.67. The predicted molar refractivity (Wildman–Crippen MR) is 106 cm³/mol. The number of rotatable bonds is 3. The van der Waals surface area contributed by atoms with Crippen molar-refractivity contribution in [1.29, 1.82) is 0 Å². The van der Waals surface area contributed by atoms with E-state index in [0.717, 1.165) is 0 Å². The van der Waals surface area contributed by atoms with E-state index in [1.54, 1.807) is 27.0 Å². The fourth-order valence-corrected chi connectivity index (χ4v) is 3.93. The molecule has 3 rings (SSSR count). The Morgan fingerprint density at radius 2 is 2.04 bits per heavy atom. The molecule has 0 aromatic carbocycles. The Labute approximate surface area is 173 Å². The highest BCUT2D eigenvalue weighted by atomic mass is 127. The number of nitrogens with one attached hydrogen (secondary N) is 1. The fraction of sp³-hybridized carbons (Fsp3) is 0.562. The molecule has 2 aromatic heterocycles. The number of halogens is 2. The van der Waals surface area contributed by atoms with Gasteiger partial charge in [0.2, 0.25) is 11.9 Å². The van der Waals surface area contributed by atoms with Gasteiger partial charge in [0.25, 0.3) is 0 Å². The van der Waals surface area contributed by atoms with Crippen LogP contribution in [0.3, 0.4) is 0 Å². The first-order chi connectivity index (χ1) is 12.5. The van der Waals surface area contributed by atoms with Crippen LogP contribution in [0.4, 0.5) is 5.95 Å². The molecule has 9 nitrogen and oxygen atoms in total. The number of amides is 1. The van der Waals surface area contributed by atoms with Crippen molar-refractivity contribution >= 4 is 57.1 Å². The largest absolute Gasteiger partial charge is 0.394 e. The molecule has 4 atom stereocenters. The number of aromatic nitrogens is 3. The molecule has 2 aromatic rings. The molecule has 0 spiro atoms. The molecule has 4 N–H and O–H groups in total. The molecular weight excluding hydrogens is 491 g/mol. The minimum absolute atomic E-state index is 0.0231. The van der Waals surface area contributed by atoms with Crippen molar-refractivity contribution in [1.82, 2.24) is 14.5 Å². The minimum Gasteiger partial charge on any atom is -0.394 e. The second-order valence-corrected chi connectivity index (χ2v) is 8.87. The average molecular weight is 511 g/mol. The van der Waals surface area contributed by atoms with Gasteiger partial charge in [-0.3, -0.25) is 10.1 Å². The first-order valence-electron chi connectivity index (χ1n) is 8.22. The van der Waals surface area contributed by atoms with Gasteiger partial charge in [-0.1, -0.05) is 32.4 Å². The van der Waals surface area contributed by atoms with Crippen molar-refractivity contribution in [3.8, 4) is 0 Å². The van der Waals surface area contributed by atoms with E-state index in [-0.39, 0.29) is 17.0 Å². The predicted octanol–water partition coefficient (Wildman–Crippen LogP) is 1.29. The quantitative estimate of drug-likeness (QED) is 0.362. The topological polar surface area (TPSA) is 130 Å². The lowest BCUT2D eigenvalue weighted by Crippen LogP contribution is -2.33. The normalized spacial score (nSPS) is 25.9. The van der Waals surface area contributed by atoms with Crippen LogP contribution in [-0.2, 0) is 9.53 Å². The summed E-state index contributed by atoms with van der Waals surface area (Å²) in [6, 6.07) is 0. The van der Waals surface area contributed by atoms with Gasteiger partial charge in [-0.25, -0.2) is 0 Å². The summed E-state index contributed by atoms with van der Waals surface area (Å²) in [5.74, 6) is -0.256. The van der Waals surface area contributed by atoms with Crippen molar-refractivity contribution in [3.63, 3.8) is 0 Å². The lowest BCUT2D eigenvalue weighted by molar-refractivity contribution is -0.123. The highest BCUT2D eigenvalue weighted by Crippen LogP contribution is 2.36. The molecule has 3 heterocycles. The molecule has 1 aliphatic heterocycles. The molecule has 0 saturated carbocycles. The zero-order valence-corrected chi connectivity index (χ0v) is 17.8. The van der Waals surface area contributed by atoms with E-state index in [1.165, 1.54) is 4.57 Å². The molecule has 11 heteroatoms. The van der Waals surface area contributed by atoms with E-state index in [2.05, 4.69) is 15.3 Å². The van der Waals surface area contributed by atoms with Gasteiger partial charge < -0.3 is 24.6 Å². The Balaban J connectivity index is 2.06. The summed E-state index contributed by atoms with van der Waals surface area (Å²) in [7, 11) is 0. The first kappa shape index (κ1) is 20.7. The summed E-state index contributed by atoms with van der Waals surface area (Å²) in [5, 5.41) is 32.9. The van der Waals surface area contributed by atoms with Crippen molar-refractivity contribution < 1.29 is 24.9 Å². The standard InChI is InChI=1S/C16H20ClIN4O5/c1-16(2,3)14(26)21-15-19-11(17)8-6(18)4-22(12(8)20-15)13-10(25)9(24)7(5-23)27-13/h4,7,9-10,13,23-25H,5H2,1-3H3,(H,19,20,21,26). The molecule has 4 unspecified atom stereocenters. The van der Waals surface area contributed by atoms with Crippen LogP contribution in [0.5, 0.6) is 0 Å². The highest BCUT2D eigenvalue weighted by molar-refractivity contribution is 14.1. The zero-order valence-electron chi connectivity index (χ0n) is 14.8. The number of ether oxygens (including phenoxy) is 1. The van der Waals surface area contributed by atoms with Gasteiger partial charge >= 0.3 is 0 Å². The minimum atomic E-state index is -1.27. The van der Waals surface area contributed by atoms with Crippen molar-refractivity contribution in [3.05, 3.63) is 14.9 Å². The van der Waals surface area contributed by atoms with E-state index in [0.29, 0.717) is 14.6 Å². The Hall–Kier alpha value is -1.05. The Bertz CT molecular complexity index is 884. The number of anilines is 1. The molecule has 148 valence electrons. The maximum Gasteiger partial charge on any atom is 0.232 e. The number of carbonyl (C=O) groups excluding carboxylic acids is 1. The second kappa shape index (κ2) is 7.41. The van der Waals surface area contributed by atoms with Gasteiger partial charge in [-0.05, 0) is 22.6 Å². The number of nitrogens with zero attached hydrogens (tertiary/aromatic N) is 3. The lowest BCUT2D eigenvalue weighted by Gasteiger charge is -2.19. The SMILES string of the molecule is CC(C)(C)C(=O)Nc1nc(Cl)c2c(I)cn(C3OC(CO)C(O)C3O)c2n1. The van der Waals surface area contributed by atoms with Gasteiger partial charge in [0.1, 0.15) is 29.1 Å². The van der Waals surface area contributed by atoms with Crippen molar-refractivity contribution in [2.45, 2.75) is 45.3 Å². The summed E-state index contributed by atoms with van der Waals surface area (Å²) < 4.78 is 7.80. The van der Waals surface area contributed by atoms with Crippen LogP contribution >= 0.6 is 34.2 Å². The zero-order chi connectivity index (χ0) is 20.1. The van der Waals surface area contributed by atoms with Gasteiger partial charge in [0.15, 0.2) is 6.23 Å². The number of carbonyl (C=O) groups is 1. The third-order valence-corrected chi connectivity index (χ3v) is 5.37. The van der Waals surface area contributed by atoms with E-state index < -0.39 is 36.6 Å². The fourth-order valence-electron chi connectivity index (χ4n) is 2.71. The van der Waals surface area contributed by atoms with E-state index in [4.69, 9.17) is 16.3 Å². The lowest BCUT2D eigenvalue weighted by atomic mass is 9.96. The number of fused-ring (bicyclic) bond motifs is 1. The van der Waals surface area contributed by atoms with Crippen LogP contribution < -0.4 is 5.32 Å². The van der Waals surface area contributed by atoms with Crippen molar-refractivity contribution in [2.75, 3.05) is 11.9 Å². The molecule has 0 aliphatic carbocycles. The van der Waals surface area contributed by atoms with Crippen LogP contribution in [0.1, 0.15) is 27.0 Å². The smallest absolute Gasteiger partial charge is 0.232 e. The van der Waals surface area contributed by atoms with Crippen molar-refractivity contribution in [2.24, 2.45) is 5.41 Å². The number of aliphatic hydroxyl groups excluding tert-OH is 3. The van der Waals surface area contributed by atoms with E-state index >= 15 is 0 Å². The summed E-state index contributed by atoms with van der Waals surface area (Å²) in [4.78, 5) is 20.7. The molecule has 1 fully saturated rings. The molecule has 1 amide bonds. The molecule has 0 bridgehead atoms. The van der Waals surface area contributed by atoms with Gasteiger partial charge in [-0.2, -0.15) is 9.97 Å². The maximum atomic E-state index is 12.2. The van der Waals surface area contributed by atoms with Crippen LogP contribution in [0, 0.1) is 8.99 Å². The highest BCUT2D eigenvalue weighted by Gasteiger charge is 2.44. The maximum absolute atomic E-state index is 12.2. The van der Waals surface area contributed by atoms with Crippen LogP contribution in [-0.4, -0.2) is 60.7 Å². The van der Waals surface area contributed by atoms with Gasteiger partial charge in [0.05, 0.1) is 12.0 Å². The Morgan fingerprint density at radius 1 is 1.37 bits per heavy atom. The molecule has 0 radical (unpaired) electrons. The van der Waals surface area contributed by atoms with Crippen LogP contribution in [0.25, 0.3) is 11.0 Å². The van der Waals surface area contributed by atoms with Crippen LogP contribution in [0.2, 0.25) is 5.15 Å². The second-order valence-electron chi connectivity index (χ2n) is 7.35. The summed E-state index contributed by atoms with van der Waals surface area (Å²) in [5.41, 5.74) is -0.316. The third kappa shape index (κ3) is 3.78. The van der Waals surface area contributed by atoms with Gasteiger partial charge in [-0.15, -0.1) is 0 Å². The average Bonchev–Trinajstić information content (AvgIpc) is 3.04. The summed E-state index contributed by atoms with van der Waals surface area (Å²) in [6.07, 6.45) is -2.75. The van der Waals surface area contributed by atoms with Gasteiger partial charge in [0, 0.05) is 15.2 Å². The first-order valence-corrected chi connectivity index (χ1v) is 9.67. The summed E-state index contributed by atoms with van der Waals surface area (Å²) in [6.45, 7) is 4.83. The van der Waals surface area contributed by atoms with E-state index in [1.807, 2.05) is 22.6 Å². The third-order valence-electron chi connectivity index (χ3n) is 4.28. The molecule has 1 saturated heterocycles. The number of aliphatic hydroxyl groups is 3. The molecule has 1 aliphatic rings. The monoisotopic (exact) mass is 510 g/mol. The van der Waals surface area contributed by atoms with Crippen LogP contribution in [0.15, 0.2) is 6.20 Å². The van der Waals surface area contributed by atoms with E-state index in [9.17, 15) is 20.1 Å². The molecular formula is C16H20ClIN4O5. The Morgan fingerprint density at radius 3 is 2.59 bits per heavy atom.